The molecule has 5 heterocycles. The molecule has 0 spiro atoms. The van der Waals surface area contributed by atoms with Gasteiger partial charge < -0.3 is 0 Å². The van der Waals surface area contributed by atoms with Crippen LogP contribution in [0, 0.1) is 0 Å². The first kappa shape index (κ1) is 40.9. The summed E-state index contributed by atoms with van der Waals surface area (Å²) in [5.74, 6) is 22.9. The van der Waals surface area contributed by atoms with Crippen LogP contribution in [0.2, 0.25) is 0 Å². The van der Waals surface area contributed by atoms with E-state index in [2.05, 4.69) is 24.9 Å². The predicted octanol–water partition coefficient (Wildman–Crippen LogP) is -1.57. The van der Waals surface area contributed by atoms with Crippen molar-refractivity contribution in [2.75, 3.05) is 0 Å². The molecule has 5 aromatic rings. The van der Waals surface area contributed by atoms with E-state index in [1.165, 1.54) is 62.0 Å². The van der Waals surface area contributed by atoms with Crippen LogP contribution < -0.4 is 56.3 Å². The van der Waals surface area contributed by atoms with Gasteiger partial charge in [0.15, 0.2) is 0 Å². The molecular weight excluding hydrogens is 650 g/mol. The summed E-state index contributed by atoms with van der Waals surface area (Å²) in [6.45, 7) is 0. The highest BCUT2D eigenvalue weighted by Gasteiger charge is 2.02. The van der Waals surface area contributed by atoms with E-state index in [-0.39, 0.29) is 29.5 Å². The molecule has 0 aromatic carbocycles. The van der Waals surface area contributed by atoms with Crippen molar-refractivity contribution in [3.63, 3.8) is 0 Å². The summed E-state index contributed by atoms with van der Waals surface area (Å²) in [5.41, 5.74) is 12.6. The maximum absolute atomic E-state index is 10.7. The Kier molecular flexibility index (Phi) is 20.5. The van der Waals surface area contributed by atoms with Crippen molar-refractivity contribution in [2.24, 2.45) is 29.2 Å². The molecule has 0 saturated carbocycles. The van der Waals surface area contributed by atoms with E-state index in [0.29, 0.717) is 27.8 Å². The Hall–Kier alpha value is -7.10. The zero-order valence-corrected chi connectivity index (χ0v) is 26.2. The number of aromatic nitrogens is 5. The van der Waals surface area contributed by atoms with Crippen LogP contribution in [0.3, 0.4) is 0 Å². The van der Waals surface area contributed by atoms with Crippen molar-refractivity contribution in [3.05, 3.63) is 150 Å². The minimum Gasteiger partial charge on any atom is -0.290 e. The average molecular weight is 686 g/mol. The second-order valence-corrected chi connectivity index (χ2v) is 8.55. The largest absolute Gasteiger partial charge is 0.290 e. The lowest BCUT2D eigenvalue weighted by Gasteiger charge is -1.95. The highest BCUT2D eigenvalue weighted by Crippen LogP contribution is 1.96. The van der Waals surface area contributed by atoms with Gasteiger partial charge in [0.05, 0.1) is 0 Å². The lowest BCUT2D eigenvalue weighted by atomic mass is 10.3. The van der Waals surface area contributed by atoms with Crippen LogP contribution in [-0.2, 0) is 0 Å². The first-order valence-electron chi connectivity index (χ1n) is 13.8. The van der Waals surface area contributed by atoms with Crippen LogP contribution in [0.5, 0.6) is 0 Å². The molecule has 0 unspecified atom stereocenters. The standard InChI is InChI=1S/5C6H7N3O/c5*7-9-6(10)5-1-3-8-4-2-5/h5*1-4H,7H2,(H,9,10). The Balaban J connectivity index is 0.000000312. The summed E-state index contributed by atoms with van der Waals surface area (Å²) in [7, 11) is 0. The molecule has 20 heteroatoms. The number of carbonyl (C=O) groups is 5. The maximum Gasteiger partial charge on any atom is 0.265 e. The molecule has 0 bridgehead atoms. The summed E-state index contributed by atoms with van der Waals surface area (Å²) in [4.78, 5) is 72.5. The minimum absolute atomic E-state index is 0.303. The second kappa shape index (κ2) is 25.0. The fraction of sp³-hybridized carbons (Fsp3) is 0. The highest BCUT2D eigenvalue weighted by molar-refractivity contribution is 5.95. The smallest absolute Gasteiger partial charge is 0.265 e. The van der Waals surface area contributed by atoms with Crippen molar-refractivity contribution in [1.82, 2.24) is 52.0 Å². The van der Waals surface area contributed by atoms with E-state index >= 15 is 0 Å². The van der Waals surface area contributed by atoms with Crippen LogP contribution in [0.4, 0.5) is 0 Å². The average Bonchev–Trinajstić information content (AvgIpc) is 3.21. The number of amides is 5. The molecule has 0 atom stereocenters. The normalized spacial score (nSPS) is 8.90. The van der Waals surface area contributed by atoms with Gasteiger partial charge in [-0.05, 0) is 60.7 Å². The third kappa shape index (κ3) is 16.5. The van der Waals surface area contributed by atoms with Gasteiger partial charge in [-0.3, -0.25) is 76.0 Å². The summed E-state index contributed by atoms with van der Waals surface area (Å²) in [5, 5.41) is 0. The Morgan fingerprint density at radius 2 is 0.420 bits per heavy atom. The van der Waals surface area contributed by atoms with Gasteiger partial charge in [-0.2, -0.15) is 0 Å². The summed E-state index contributed by atoms with van der Waals surface area (Å²) in [6.07, 6.45) is 15.3. The topological polar surface area (TPSA) is 340 Å². The zero-order chi connectivity index (χ0) is 37.0. The van der Waals surface area contributed by atoms with Crippen LogP contribution in [0.1, 0.15) is 51.8 Å². The van der Waals surface area contributed by atoms with Crippen molar-refractivity contribution in [2.45, 2.75) is 0 Å². The molecule has 0 radical (unpaired) electrons. The van der Waals surface area contributed by atoms with Gasteiger partial charge in [-0.15, -0.1) is 0 Å². The molecule has 5 amide bonds. The maximum atomic E-state index is 10.7. The summed E-state index contributed by atoms with van der Waals surface area (Å²) >= 11 is 0. The number of pyridine rings is 5. The molecule has 50 heavy (non-hydrogen) atoms. The van der Waals surface area contributed by atoms with Crippen molar-refractivity contribution >= 4 is 29.5 Å². The first-order valence-corrected chi connectivity index (χ1v) is 13.8. The van der Waals surface area contributed by atoms with Crippen LogP contribution in [0.25, 0.3) is 0 Å². The number of rotatable bonds is 5. The molecule has 0 saturated heterocycles. The quantitative estimate of drug-likeness (QED) is 0.0567. The fourth-order valence-corrected chi connectivity index (χ4v) is 2.93. The fourth-order valence-electron chi connectivity index (χ4n) is 2.93. The minimum atomic E-state index is -0.303. The molecule has 5 rings (SSSR count). The molecule has 0 fully saturated rings. The Labute approximate surface area is 285 Å². The van der Waals surface area contributed by atoms with Gasteiger partial charge in [0, 0.05) is 89.8 Å². The zero-order valence-electron chi connectivity index (χ0n) is 26.2. The Morgan fingerprint density at radius 3 is 0.520 bits per heavy atom. The summed E-state index contributed by atoms with van der Waals surface area (Å²) < 4.78 is 0. The first-order chi connectivity index (χ1) is 24.2. The van der Waals surface area contributed by atoms with Gasteiger partial charge in [0.2, 0.25) is 0 Å². The number of nitrogens with one attached hydrogen (secondary N) is 5. The third-order valence-corrected chi connectivity index (χ3v) is 5.37. The molecule has 0 aliphatic rings. The summed E-state index contributed by atoms with van der Waals surface area (Å²) in [6, 6.07) is 15.9. The van der Waals surface area contributed by atoms with Gasteiger partial charge >= 0.3 is 0 Å². The van der Waals surface area contributed by atoms with Crippen LogP contribution >= 0.6 is 0 Å². The highest BCUT2D eigenvalue weighted by atomic mass is 16.2. The lowest BCUT2D eigenvalue weighted by Crippen LogP contribution is -2.29. The number of nitrogen functional groups attached to an aromatic ring is 5. The number of carbonyl (C=O) groups excluding carboxylic acids is 5. The van der Waals surface area contributed by atoms with Crippen molar-refractivity contribution in [3.8, 4) is 0 Å². The van der Waals surface area contributed by atoms with Crippen LogP contribution in [0.15, 0.2) is 123 Å². The van der Waals surface area contributed by atoms with E-state index in [4.69, 9.17) is 29.2 Å². The lowest BCUT2D eigenvalue weighted by molar-refractivity contribution is 0.0945. The SMILES string of the molecule is NNC(=O)c1ccncc1.NNC(=O)c1ccncc1.NNC(=O)c1ccncc1.NNC(=O)c1ccncc1.NNC(=O)c1ccncc1. The van der Waals surface area contributed by atoms with Crippen LogP contribution in [-0.4, -0.2) is 54.5 Å². The molecule has 0 aliphatic carbocycles. The monoisotopic (exact) mass is 685 g/mol. The Bertz CT molecular complexity index is 1410. The van der Waals surface area contributed by atoms with Gasteiger partial charge in [-0.25, -0.2) is 29.2 Å². The second-order valence-electron chi connectivity index (χ2n) is 8.55. The Morgan fingerprint density at radius 1 is 0.300 bits per heavy atom. The van der Waals surface area contributed by atoms with Gasteiger partial charge in [0.1, 0.15) is 0 Å². The van der Waals surface area contributed by atoms with Gasteiger partial charge in [0.25, 0.3) is 29.5 Å². The number of hydrogen-bond donors (Lipinski definition) is 10. The van der Waals surface area contributed by atoms with Crippen molar-refractivity contribution < 1.29 is 24.0 Å². The molecule has 5 aromatic heterocycles. The molecular formula is C30H35N15O5. The molecule has 0 aliphatic heterocycles. The molecule has 15 N–H and O–H groups in total. The van der Waals surface area contributed by atoms with Gasteiger partial charge in [-0.1, -0.05) is 0 Å². The van der Waals surface area contributed by atoms with E-state index in [0.717, 1.165) is 0 Å². The number of nitrogens with two attached hydrogens (primary N) is 5. The predicted molar refractivity (Wildman–Crippen MR) is 179 cm³/mol. The van der Waals surface area contributed by atoms with Crippen molar-refractivity contribution in [1.29, 1.82) is 0 Å². The van der Waals surface area contributed by atoms with E-state index in [1.807, 2.05) is 27.1 Å². The number of hydrogen-bond acceptors (Lipinski definition) is 15. The number of nitrogens with zero attached hydrogens (tertiary/aromatic N) is 5. The van der Waals surface area contributed by atoms with E-state index < -0.39 is 0 Å². The third-order valence-electron chi connectivity index (χ3n) is 5.37. The number of hydrazine groups is 5. The van der Waals surface area contributed by atoms with E-state index in [9.17, 15) is 24.0 Å². The van der Waals surface area contributed by atoms with E-state index in [1.54, 1.807) is 60.7 Å². The molecule has 20 nitrogen and oxygen atoms in total. The molecule has 260 valence electrons.